The van der Waals surface area contributed by atoms with E-state index >= 15 is 0 Å². The number of hydrogen-bond donors (Lipinski definition) is 0. The molecule has 0 N–H and O–H groups in total. The van der Waals surface area contributed by atoms with Crippen molar-refractivity contribution in [1.82, 2.24) is 0 Å². The molecule has 27 heavy (non-hydrogen) atoms. The Morgan fingerprint density at radius 2 is 1.11 bits per heavy atom. The van der Waals surface area contributed by atoms with Gasteiger partial charge < -0.3 is 9.47 Å². The topological polar surface area (TPSA) is 52.6 Å². The Bertz CT molecular complexity index is 562. The lowest BCUT2D eigenvalue weighted by Gasteiger charge is -2.19. The third-order valence-electron chi connectivity index (χ3n) is 2.80. The molecule has 0 rings (SSSR count). The highest BCUT2D eigenvalue weighted by Gasteiger charge is 2.57. The van der Waals surface area contributed by atoms with Gasteiger partial charge in [0.25, 0.3) is 0 Å². The van der Waals surface area contributed by atoms with E-state index < -0.39 is 67.8 Å². The number of ether oxygens (including phenoxy) is 2. The van der Waals surface area contributed by atoms with Gasteiger partial charge in [-0.05, 0) is 6.92 Å². The summed E-state index contributed by atoms with van der Waals surface area (Å²) in [6.07, 6.45) is -15.2. The van der Waals surface area contributed by atoms with E-state index in [0.717, 1.165) is 6.92 Å². The van der Waals surface area contributed by atoms with Gasteiger partial charge in [-0.3, -0.25) is 0 Å². The molecule has 0 atom stereocenters. The van der Waals surface area contributed by atoms with Crippen molar-refractivity contribution in [3.63, 3.8) is 0 Å². The van der Waals surface area contributed by atoms with Crippen LogP contribution in [-0.2, 0) is 19.1 Å². The van der Waals surface area contributed by atoms with E-state index in [1.807, 2.05) is 0 Å². The number of alkyl halides is 10. The highest BCUT2D eigenvalue weighted by Crippen LogP contribution is 2.38. The Balaban J connectivity index is 4.47. The molecular weight excluding hydrogens is 410 g/mol. The monoisotopic (exact) mass is 422 g/mol. The number of carbonyl (C=O) groups is 2. The van der Waals surface area contributed by atoms with Crippen LogP contribution < -0.4 is 0 Å². The van der Waals surface area contributed by atoms with Crippen LogP contribution in [-0.4, -0.2) is 49.4 Å². The Kier molecular flexibility index (Phi) is 8.12. The van der Waals surface area contributed by atoms with Crippen LogP contribution in [0.2, 0.25) is 0 Å². The van der Waals surface area contributed by atoms with E-state index in [1.54, 1.807) is 0 Å². The predicted molar refractivity (Wildman–Crippen MR) is 66.9 cm³/mol. The summed E-state index contributed by atoms with van der Waals surface area (Å²) in [6.45, 7) is -1.87. The maximum Gasteiger partial charge on any atom is 0.453 e. The number of carbonyl (C=O) groups excluding carboxylic acids is 2. The molecule has 14 heteroatoms. The van der Waals surface area contributed by atoms with Gasteiger partial charge in [0.2, 0.25) is 0 Å². The maximum atomic E-state index is 12.6. The highest BCUT2D eigenvalue weighted by molar-refractivity contribution is 5.95. The molecule has 0 aromatic rings. The van der Waals surface area contributed by atoms with Crippen molar-refractivity contribution >= 4 is 11.9 Å². The molecule has 0 unspecified atom stereocenters. The summed E-state index contributed by atoms with van der Waals surface area (Å²) in [5.41, 5.74) is -0.669. The number of halogens is 10. The molecule has 0 saturated heterocycles. The second-order valence-corrected chi connectivity index (χ2v) is 5.04. The summed E-state index contributed by atoms with van der Waals surface area (Å²) >= 11 is 0. The van der Waals surface area contributed by atoms with Crippen molar-refractivity contribution in [3.05, 3.63) is 11.6 Å². The van der Waals surface area contributed by atoms with Crippen LogP contribution in [0.1, 0.15) is 19.8 Å². The summed E-state index contributed by atoms with van der Waals surface area (Å²) in [4.78, 5) is 22.4. The van der Waals surface area contributed by atoms with E-state index in [0.29, 0.717) is 0 Å². The molecule has 0 heterocycles. The van der Waals surface area contributed by atoms with Crippen LogP contribution in [0.5, 0.6) is 0 Å². The van der Waals surface area contributed by atoms with Crippen LogP contribution >= 0.6 is 0 Å². The van der Waals surface area contributed by atoms with E-state index in [-0.39, 0.29) is 6.08 Å². The lowest BCUT2D eigenvalue weighted by Crippen LogP contribution is -2.37. The zero-order chi connectivity index (χ0) is 21.7. The standard InChI is InChI=1S/C13H12F10O4/c1-7(9(25)27-5-3-11(16,17)13(21,22)23)6-8(24)26-4-2-10(14,15)12(18,19)20/h6H,2-5H2,1H3/b7-6+. The van der Waals surface area contributed by atoms with Crippen molar-refractivity contribution in [2.24, 2.45) is 0 Å². The van der Waals surface area contributed by atoms with Gasteiger partial charge in [0, 0.05) is 11.6 Å². The molecular formula is C13H12F10O4. The minimum atomic E-state index is -5.85. The fourth-order valence-electron chi connectivity index (χ4n) is 1.23. The van der Waals surface area contributed by atoms with Crippen molar-refractivity contribution in [3.8, 4) is 0 Å². The first-order chi connectivity index (χ1) is 11.9. The second kappa shape index (κ2) is 8.78. The highest BCUT2D eigenvalue weighted by atomic mass is 19.4. The molecule has 0 saturated carbocycles. The first-order valence-corrected chi connectivity index (χ1v) is 6.82. The Morgan fingerprint density at radius 3 is 1.48 bits per heavy atom. The first kappa shape index (κ1) is 25.0. The molecule has 0 radical (unpaired) electrons. The van der Waals surface area contributed by atoms with E-state index in [9.17, 15) is 53.5 Å². The van der Waals surface area contributed by atoms with Gasteiger partial charge in [0.05, 0.1) is 26.1 Å². The van der Waals surface area contributed by atoms with Gasteiger partial charge in [-0.2, -0.15) is 43.9 Å². The van der Waals surface area contributed by atoms with Crippen LogP contribution in [0.4, 0.5) is 43.9 Å². The predicted octanol–water partition coefficient (Wildman–Crippen LogP) is 4.19. The Morgan fingerprint density at radius 1 is 0.741 bits per heavy atom. The van der Waals surface area contributed by atoms with Crippen LogP contribution in [0.15, 0.2) is 11.6 Å². The van der Waals surface area contributed by atoms with Gasteiger partial charge >= 0.3 is 36.1 Å². The van der Waals surface area contributed by atoms with Crippen LogP contribution in [0.25, 0.3) is 0 Å². The van der Waals surface area contributed by atoms with Crippen molar-refractivity contribution < 1.29 is 63.0 Å². The molecule has 0 aliphatic carbocycles. The van der Waals surface area contributed by atoms with Gasteiger partial charge in [-0.25, -0.2) is 9.59 Å². The summed E-state index contributed by atoms with van der Waals surface area (Å²) in [6, 6.07) is 0. The first-order valence-electron chi connectivity index (χ1n) is 6.82. The van der Waals surface area contributed by atoms with Gasteiger partial charge in [0.15, 0.2) is 0 Å². The van der Waals surface area contributed by atoms with Crippen molar-refractivity contribution in [2.45, 2.75) is 44.0 Å². The summed E-state index contributed by atoms with van der Waals surface area (Å²) in [5.74, 6) is -13.3. The summed E-state index contributed by atoms with van der Waals surface area (Å²) in [5, 5.41) is 0. The zero-order valence-corrected chi connectivity index (χ0v) is 13.3. The molecule has 0 amide bonds. The summed E-state index contributed by atoms with van der Waals surface area (Å²) in [7, 11) is 0. The second-order valence-electron chi connectivity index (χ2n) is 5.04. The molecule has 158 valence electrons. The van der Waals surface area contributed by atoms with E-state index in [1.165, 1.54) is 0 Å². The number of rotatable bonds is 8. The zero-order valence-electron chi connectivity index (χ0n) is 13.3. The van der Waals surface area contributed by atoms with Crippen LogP contribution in [0, 0.1) is 0 Å². The van der Waals surface area contributed by atoms with Crippen molar-refractivity contribution in [1.29, 1.82) is 0 Å². The summed E-state index contributed by atoms with van der Waals surface area (Å²) < 4.78 is 130. The largest absolute Gasteiger partial charge is 0.462 e. The lowest BCUT2D eigenvalue weighted by atomic mass is 10.2. The minimum Gasteiger partial charge on any atom is -0.462 e. The third kappa shape index (κ3) is 8.03. The normalized spacial score (nSPS) is 14.1. The SMILES string of the molecule is C/C(=C\C(=O)OCCC(F)(F)C(F)(F)F)C(=O)OCCC(F)(F)C(F)(F)F. The average Bonchev–Trinajstić information content (AvgIpc) is 2.44. The molecule has 0 aliphatic rings. The maximum absolute atomic E-state index is 12.6. The fraction of sp³-hybridized carbons (Fsp3) is 0.692. The third-order valence-corrected chi connectivity index (χ3v) is 2.80. The van der Waals surface area contributed by atoms with Gasteiger partial charge in [0.1, 0.15) is 0 Å². The van der Waals surface area contributed by atoms with E-state index in [4.69, 9.17) is 0 Å². The molecule has 0 bridgehead atoms. The van der Waals surface area contributed by atoms with Gasteiger partial charge in [-0.1, -0.05) is 0 Å². The van der Waals surface area contributed by atoms with Crippen LogP contribution in [0.3, 0.4) is 0 Å². The molecule has 4 nitrogen and oxygen atoms in total. The smallest absolute Gasteiger partial charge is 0.453 e. The minimum absolute atomic E-state index is 0.288. The molecule has 0 aliphatic heterocycles. The molecule has 0 aromatic heterocycles. The molecule has 0 aromatic carbocycles. The Hall–Kier alpha value is -2.02. The van der Waals surface area contributed by atoms with Gasteiger partial charge in [-0.15, -0.1) is 0 Å². The number of hydrogen-bond acceptors (Lipinski definition) is 4. The fourth-order valence-corrected chi connectivity index (χ4v) is 1.23. The Labute approximate surface area is 145 Å². The number of esters is 2. The quantitative estimate of drug-likeness (QED) is 0.335. The average molecular weight is 422 g/mol. The van der Waals surface area contributed by atoms with E-state index in [2.05, 4.69) is 9.47 Å². The molecule has 0 spiro atoms. The molecule has 0 fully saturated rings. The van der Waals surface area contributed by atoms with Crippen molar-refractivity contribution in [2.75, 3.05) is 13.2 Å². The lowest BCUT2D eigenvalue weighted by molar-refractivity contribution is -0.286.